The Bertz CT molecular complexity index is 421. The Kier molecular flexibility index (Phi) is 3.75. The number of nitrogens with zero attached hydrogens (tertiary/aromatic N) is 2. The second-order valence-corrected chi connectivity index (χ2v) is 4.08. The van der Waals surface area contributed by atoms with Crippen LogP contribution in [0.15, 0.2) is 6.07 Å². The van der Waals surface area contributed by atoms with Crippen LogP contribution in [-0.2, 0) is 4.79 Å². The van der Waals surface area contributed by atoms with Gasteiger partial charge in [-0.25, -0.2) is 4.98 Å². The molecular formula is C10H13ClN4O2. The van der Waals surface area contributed by atoms with E-state index in [4.69, 9.17) is 16.3 Å². The van der Waals surface area contributed by atoms with E-state index in [1.165, 1.54) is 13.2 Å². The maximum Gasteiger partial charge on any atom is 0.243 e. The molecule has 1 aromatic heterocycles. The molecule has 0 bridgehead atoms. The van der Waals surface area contributed by atoms with Crippen molar-refractivity contribution in [2.24, 2.45) is 0 Å². The predicted octanol–water partition coefficient (Wildman–Crippen LogP) is 0.829. The van der Waals surface area contributed by atoms with Gasteiger partial charge in [-0.2, -0.15) is 4.98 Å². The molecule has 2 N–H and O–H groups in total. The predicted molar refractivity (Wildman–Crippen MR) is 63.2 cm³/mol. The lowest BCUT2D eigenvalue weighted by Gasteiger charge is -2.10. The second kappa shape index (κ2) is 5.29. The first-order chi connectivity index (χ1) is 8.19. The van der Waals surface area contributed by atoms with Gasteiger partial charge in [-0.3, -0.25) is 10.1 Å². The largest absolute Gasteiger partial charge is 0.481 e. The topological polar surface area (TPSA) is 76.1 Å². The summed E-state index contributed by atoms with van der Waals surface area (Å²) in [6.45, 7) is 0.859. The van der Waals surface area contributed by atoms with Crippen molar-refractivity contribution >= 4 is 23.5 Å². The van der Waals surface area contributed by atoms with Crippen molar-refractivity contribution in [2.45, 2.75) is 18.9 Å². The van der Waals surface area contributed by atoms with Crippen molar-refractivity contribution in [3.63, 3.8) is 0 Å². The van der Waals surface area contributed by atoms with Gasteiger partial charge in [0.1, 0.15) is 5.15 Å². The highest BCUT2D eigenvalue weighted by molar-refractivity contribution is 6.29. The van der Waals surface area contributed by atoms with Crippen LogP contribution in [0, 0.1) is 0 Å². The molecule has 0 unspecified atom stereocenters. The van der Waals surface area contributed by atoms with Crippen molar-refractivity contribution in [1.29, 1.82) is 0 Å². The lowest BCUT2D eigenvalue weighted by molar-refractivity contribution is -0.117. The summed E-state index contributed by atoms with van der Waals surface area (Å²) in [6, 6.07) is 1.30. The van der Waals surface area contributed by atoms with Crippen molar-refractivity contribution in [1.82, 2.24) is 15.3 Å². The molecule has 6 nitrogen and oxygen atoms in total. The molecule has 1 aliphatic heterocycles. The number of ether oxygens (including phenoxy) is 1. The molecule has 0 radical (unpaired) electrons. The molecule has 92 valence electrons. The number of aromatic nitrogens is 2. The Hall–Kier alpha value is -1.40. The average Bonchev–Trinajstić information content (AvgIpc) is 2.81. The lowest BCUT2D eigenvalue weighted by atomic mass is 10.2. The fourth-order valence-corrected chi connectivity index (χ4v) is 1.84. The molecule has 1 atom stereocenters. The summed E-state index contributed by atoms with van der Waals surface area (Å²) < 4.78 is 4.94. The summed E-state index contributed by atoms with van der Waals surface area (Å²) in [4.78, 5) is 19.7. The summed E-state index contributed by atoms with van der Waals surface area (Å²) in [7, 11) is 1.47. The summed E-state index contributed by atoms with van der Waals surface area (Å²) in [5.74, 6) is 0.333. The smallest absolute Gasteiger partial charge is 0.243 e. The first-order valence-electron chi connectivity index (χ1n) is 5.32. The Morgan fingerprint density at radius 1 is 1.65 bits per heavy atom. The van der Waals surface area contributed by atoms with E-state index in [9.17, 15) is 4.79 Å². The number of methoxy groups -OCH3 is 1. The van der Waals surface area contributed by atoms with E-state index in [0.29, 0.717) is 5.88 Å². The van der Waals surface area contributed by atoms with Crippen LogP contribution in [-0.4, -0.2) is 35.6 Å². The third-order valence-corrected chi connectivity index (χ3v) is 2.69. The third-order valence-electron chi connectivity index (χ3n) is 2.49. The lowest BCUT2D eigenvalue weighted by Crippen LogP contribution is -2.36. The quantitative estimate of drug-likeness (QED) is 0.784. The first kappa shape index (κ1) is 12.1. The number of nitrogens with one attached hydrogen (secondary N) is 2. The summed E-state index contributed by atoms with van der Waals surface area (Å²) >= 11 is 5.77. The molecular weight excluding hydrogens is 244 g/mol. The number of halogens is 1. The molecule has 1 amide bonds. The van der Waals surface area contributed by atoms with Crippen molar-refractivity contribution in [3.05, 3.63) is 11.2 Å². The Morgan fingerprint density at radius 3 is 3.12 bits per heavy atom. The molecule has 0 aromatic carbocycles. The number of carbonyl (C=O) groups excluding carboxylic acids is 1. The van der Waals surface area contributed by atoms with Gasteiger partial charge in [-0.1, -0.05) is 11.6 Å². The maximum atomic E-state index is 11.8. The van der Waals surface area contributed by atoms with E-state index in [1.807, 2.05) is 0 Å². The monoisotopic (exact) mass is 256 g/mol. The molecule has 1 aromatic rings. The summed E-state index contributed by atoms with van der Waals surface area (Å²) in [6.07, 6.45) is 1.82. The van der Waals surface area contributed by atoms with E-state index in [0.717, 1.165) is 19.4 Å². The van der Waals surface area contributed by atoms with Gasteiger partial charge in [0.25, 0.3) is 0 Å². The molecule has 2 heterocycles. The van der Waals surface area contributed by atoms with Crippen LogP contribution in [0.5, 0.6) is 5.88 Å². The van der Waals surface area contributed by atoms with Crippen LogP contribution in [0.3, 0.4) is 0 Å². The van der Waals surface area contributed by atoms with Gasteiger partial charge in [0.2, 0.25) is 17.7 Å². The Balaban J connectivity index is 2.06. The zero-order valence-corrected chi connectivity index (χ0v) is 10.1. The molecule has 1 fully saturated rings. The molecule has 2 rings (SSSR count). The van der Waals surface area contributed by atoms with Gasteiger partial charge in [-0.05, 0) is 19.4 Å². The Labute approximate surface area is 104 Å². The van der Waals surface area contributed by atoms with Crippen LogP contribution in [0.2, 0.25) is 5.15 Å². The van der Waals surface area contributed by atoms with Gasteiger partial charge in [0, 0.05) is 6.07 Å². The molecule has 17 heavy (non-hydrogen) atoms. The van der Waals surface area contributed by atoms with Gasteiger partial charge >= 0.3 is 0 Å². The molecule has 0 spiro atoms. The van der Waals surface area contributed by atoms with E-state index in [1.54, 1.807) is 0 Å². The molecule has 1 saturated heterocycles. The second-order valence-electron chi connectivity index (χ2n) is 3.69. The third kappa shape index (κ3) is 3.04. The Morgan fingerprint density at radius 2 is 2.47 bits per heavy atom. The van der Waals surface area contributed by atoms with Crippen molar-refractivity contribution in [2.75, 3.05) is 19.0 Å². The van der Waals surface area contributed by atoms with Crippen molar-refractivity contribution < 1.29 is 9.53 Å². The number of hydrogen-bond acceptors (Lipinski definition) is 5. The van der Waals surface area contributed by atoms with Gasteiger partial charge in [-0.15, -0.1) is 0 Å². The van der Waals surface area contributed by atoms with Gasteiger partial charge in [0.05, 0.1) is 13.2 Å². The molecule has 0 aliphatic carbocycles. The number of hydrogen-bond donors (Lipinski definition) is 2. The minimum Gasteiger partial charge on any atom is -0.481 e. The van der Waals surface area contributed by atoms with Crippen LogP contribution >= 0.6 is 11.6 Å². The number of carbonyl (C=O) groups is 1. The molecule has 0 saturated carbocycles. The first-order valence-corrected chi connectivity index (χ1v) is 5.69. The van der Waals surface area contributed by atoms with Gasteiger partial charge < -0.3 is 10.1 Å². The van der Waals surface area contributed by atoms with E-state index in [-0.39, 0.29) is 23.1 Å². The SMILES string of the molecule is COc1cc(Cl)nc(NC(=O)[C@@H]2CCCN2)n1. The summed E-state index contributed by atoms with van der Waals surface area (Å²) in [5.41, 5.74) is 0. The number of amides is 1. The maximum absolute atomic E-state index is 11.8. The average molecular weight is 257 g/mol. The minimum absolute atomic E-state index is 0.146. The highest BCUT2D eigenvalue weighted by Gasteiger charge is 2.22. The zero-order chi connectivity index (χ0) is 12.3. The van der Waals surface area contributed by atoms with Gasteiger partial charge in [0.15, 0.2) is 0 Å². The molecule has 7 heteroatoms. The van der Waals surface area contributed by atoms with Crippen LogP contribution < -0.4 is 15.4 Å². The van der Waals surface area contributed by atoms with Crippen LogP contribution in [0.25, 0.3) is 0 Å². The van der Waals surface area contributed by atoms with Crippen LogP contribution in [0.4, 0.5) is 5.95 Å². The van der Waals surface area contributed by atoms with E-state index < -0.39 is 0 Å². The van der Waals surface area contributed by atoms with Crippen LogP contribution in [0.1, 0.15) is 12.8 Å². The standard InChI is InChI=1S/C10H13ClN4O2/c1-17-8-5-7(11)13-10(14-8)15-9(16)6-3-2-4-12-6/h5-6,12H,2-4H2,1H3,(H,13,14,15,16)/t6-/m0/s1. The normalized spacial score (nSPS) is 19.1. The minimum atomic E-state index is -0.177. The molecule has 1 aliphatic rings. The van der Waals surface area contributed by atoms with E-state index in [2.05, 4.69) is 20.6 Å². The highest BCUT2D eigenvalue weighted by atomic mass is 35.5. The fourth-order valence-electron chi connectivity index (χ4n) is 1.66. The number of rotatable bonds is 3. The highest BCUT2D eigenvalue weighted by Crippen LogP contribution is 2.16. The van der Waals surface area contributed by atoms with E-state index >= 15 is 0 Å². The fraction of sp³-hybridized carbons (Fsp3) is 0.500. The number of anilines is 1. The summed E-state index contributed by atoms with van der Waals surface area (Å²) in [5, 5.41) is 5.93. The zero-order valence-electron chi connectivity index (χ0n) is 9.36. The van der Waals surface area contributed by atoms with Crippen molar-refractivity contribution in [3.8, 4) is 5.88 Å².